The van der Waals surface area contributed by atoms with Crippen molar-refractivity contribution in [1.82, 2.24) is 14.5 Å². The largest absolute Gasteiger partial charge is 0.342 e. The van der Waals surface area contributed by atoms with Crippen LogP contribution in [0.1, 0.15) is 57.8 Å². The molecule has 1 amide bonds. The van der Waals surface area contributed by atoms with Crippen LogP contribution in [-0.2, 0) is 4.79 Å². The van der Waals surface area contributed by atoms with E-state index in [4.69, 9.17) is 4.98 Å². The molecule has 3 rings (SSSR count). The first kappa shape index (κ1) is 15.1. The zero-order valence-corrected chi connectivity index (χ0v) is 13.7. The lowest BCUT2D eigenvalue weighted by atomic mass is 9.96. The Bertz CT molecular complexity index is 674. The van der Waals surface area contributed by atoms with E-state index in [0.29, 0.717) is 18.4 Å². The molecule has 4 nitrogen and oxygen atoms in total. The number of para-hydroxylation sites is 2. The molecule has 0 saturated carbocycles. The van der Waals surface area contributed by atoms with Crippen LogP contribution in [0.5, 0.6) is 0 Å². The SMILES string of the molecule is CCC(=O)N1CCCC(c2nc3ccccc3n2C(C)C)C1. The number of likely N-dealkylation sites (tertiary alicyclic amines) is 1. The summed E-state index contributed by atoms with van der Waals surface area (Å²) in [6, 6.07) is 8.71. The summed E-state index contributed by atoms with van der Waals surface area (Å²) < 4.78 is 2.35. The third-order valence-corrected chi connectivity index (χ3v) is 4.58. The van der Waals surface area contributed by atoms with E-state index in [1.165, 1.54) is 5.52 Å². The van der Waals surface area contributed by atoms with Crippen molar-refractivity contribution in [3.63, 3.8) is 0 Å². The van der Waals surface area contributed by atoms with Crippen molar-refractivity contribution in [2.24, 2.45) is 0 Å². The van der Waals surface area contributed by atoms with Gasteiger partial charge in [0.05, 0.1) is 11.0 Å². The van der Waals surface area contributed by atoms with Gasteiger partial charge >= 0.3 is 0 Å². The van der Waals surface area contributed by atoms with Crippen LogP contribution in [-0.4, -0.2) is 33.4 Å². The molecule has 2 aromatic rings. The molecule has 0 radical (unpaired) electrons. The van der Waals surface area contributed by atoms with E-state index in [0.717, 1.165) is 37.3 Å². The van der Waals surface area contributed by atoms with Crippen molar-refractivity contribution in [2.75, 3.05) is 13.1 Å². The summed E-state index contributed by atoms with van der Waals surface area (Å²) in [5.74, 6) is 1.75. The highest BCUT2D eigenvalue weighted by molar-refractivity contribution is 5.77. The van der Waals surface area contributed by atoms with Crippen LogP contribution in [0.3, 0.4) is 0 Å². The van der Waals surface area contributed by atoms with Crippen molar-refractivity contribution in [3.8, 4) is 0 Å². The van der Waals surface area contributed by atoms with Gasteiger partial charge in [-0.1, -0.05) is 19.1 Å². The maximum absolute atomic E-state index is 12.0. The summed E-state index contributed by atoms with van der Waals surface area (Å²) in [6.45, 7) is 8.05. The van der Waals surface area contributed by atoms with Gasteiger partial charge in [-0.05, 0) is 38.8 Å². The first-order chi connectivity index (χ1) is 10.6. The minimum atomic E-state index is 0.261. The number of hydrogen-bond donors (Lipinski definition) is 0. The van der Waals surface area contributed by atoms with Crippen LogP contribution in [0, 0.1) is 0 Å². The lowest BCUT2D eigenvalue weighted by Gasteiger charge is -2.33. The fourth-order valence-corrected chi connectivity index (χ4v) is 3.53. The number of carbonyl (C=O) groups excluding carboxylic acids is 1. The molecule has 1 aromatic carbocycles. The first-order valence-corrected chi connectivity index (χ1v) is 8.36. The Hall–Kier alpha value is -1.84. The van der Waals surface area contributed by atoms with Crippen molar-refractivity contribution >= 4 is 16.9 Å². The van der Waals surface area contributed by atoms with Crippen LogP contribution in [0.25, 0.3) is 11.0 Å². The second kappa shape index (κ2) is 6.11. The molecule has 0 bridgehead atoms. The Morgan fingerprint density at radius 2 is 2.14 bits per heavy atom. The Morgan fingerprint density at radius 3 is 2.86 bits per heavy atom. The molecule has 118 valence electrons. The molecular formula is C18H25N3O. The molecule has 22 heavy (non-hydrogen) atoms. The lowest BCUT2D eigenvalue weighted by Crippen LogP contribution is -2.39. The zero-order chi connectivity index (χ0) is 15.7. The van der Waals surface area contributed by atoms with Crippen LogP contribution in [0.4, 0.5) is 0 Å². The number of aromatic nitrogens is 2. The number of fused-ring (bicyclic) bond motifs is 1. The summed E-state index contributed by atoms with van der Waals surface area (Å²) in [7, 11) is 0. The van der Waals surface area contributed by atoms with E-state index in [9.17, 15) is 4.79 Å². The highest BCUT2D eigenvalue weighted by Gasteiger charge is 2.28. The quantitative estimate of drug-likeness (QED) is 0.866. The van der Waals surface area contributed by atoms with Gasteiger partial charge in [-0.3, -0.25) is 4.79 Å². The molecular weight excluding hydrogens is 274 g/mol. The Balaban J connectivity index is 1.98. The Morgan fingerprint density at radius 1 is 1.36 bits per heavy atom. The third-order valence-electron chi connectivity index (χ3n) is 4.58. The minimum Gasteiger partial charge on any atom is -0.342 e. The van der Waals surface area contributed by atoms with Crippen molar-refractivity contribution in [2.45, 2.75) is 52.0 Å². The third kappa shape index (κ3) is 2.62. The van der Waals surface area contributed by atoms with E-state index in [-0.39, 0.29) is 5.91 Å². The van der Waals surface area contributed by atoms with Crippen LogP contribution >= 0.6 is 0 Å². The molecule has 1 aliphatic heterocycles. The zero-order valence-electron chi connectivity index (χ0n) is 13.7. The molecule has 1 aliphatic rings. The number of amides is 1. The van der Waals surface area contributed by atoms with Gasteiger partial charge in [-0.15, -0.1) is 0 Å². The van der Waals surface area contributed by atoms with Gasteiger partial charge in [0.2, 0.25) is 5.91 Å². The minimum absolute atomic E-state index is 0.261. The summed E-state index contributed by atoms with van der Waals surface area (Å²) in [5, 5.41) is 0. The van der Waals surface area contributed by atoms with Crippen LogP contribution in [0.2, 0.25) is 0 Å². The summed E-state index contributed by atoms with van der Waals surface area (Å²) in [4.78, 5) is 18.9. The van der Waals surface area contributed by atoms with Gasteiger partial charge in [0, 0.05) is 31.5 Å². The number of rotatable bonds is 3. The average Bonchev–Trinajstić information content (AvgIpc) is 2.94. The van der Waals surface area contributed by atoms with Gasteiger partial charge in [-0.2, -0.15) is 0 Å². The fraction of sp³-hybridized carbons (Fsp3) is 0.556. The standard InChI is InChI=1S/C18H25N3O/c1-4-17(22)20-11-7-8-14(12-20)18-19-15-9-5-6-10-16(15)21(18)13(2)3/h5-6,9-10,13-14H,4,7-8,11-12H2,1-3H3. The van der Waals surface area contributed by atoms with E-state index in [1.54, 1.807) is 0 Å². The highest BCUT2D eigenvalue weighted by Crippen LogP contribution is 2.31. The van der Waals surface area contributed by atoms with Gasteiger partial charge in [0.15, 0.2) is 0 Å². The van der Waals surface area contributed by atoms with Crippen LogP contribution in [0.15, 0.2) is 24.3 Å². The average molecular weight is 299 g/mol. The lowest BCUT2D eigenvalue weighted by molar-refractivity contribution is -0.132. The van der Waals surface area contributed by atoms with E-state index >= 15 is 0 Å². The molecule has 1 fully saturated rings. The van der Waals surface area contributed by atoms with E-state index < -0.39 is 0 Å². The molecule has 1 atom stereocenters. The van der Waals surface area contributed by atoms with Gasteiger partial charge in [0.1, 0.15) is 5.82 Å². The van der Waals surface area contributed by atoms with Crippen LogP contribution < -0.4 is 0 Å². The molecule has 2 heterocycles. The number of hydrogen-bond acceptors (Lipinski definition) is 2. The summed E-state index contributed by atoms with van der Waals surface area (Å²) in [6.07, 6.45) is 2.77. The molecule has 1 saturated heterocycles. The van der Waals surface area contributed by atoms with Crippen molar-refractivity contribution in [1.29, 1.82) is 0 Å². The number of carbonyl (C=O) groups is 1. The smallest absolute Gasteiger partial charge is 0.222 e. The summed E-state index contributed by atoms with van der Waals surface area (Å²) >= 11 is 0. The second-order valence-corrected chi connectivity index (χ2v) is 6.45. The number of nitrogens with zero attached hydrogens (tertiary/aromatic N) is 3. The van der Waals surface area contributed by atoms with E-state index in [1.807, 2.05) is 17.9 Å². The molecule has 0 spiro atoms. The van der Waals surface area contributed by atoms with Gasteiger partial charge in [-0.25, -0.2) is 4.98 Å². The fourth-order valence-electron chi connectivity index (χ4n) is 3.53. The van der Waals surface area contributed by atoms with Gasteiger partial charge in [0.25, 0.3) is 0 Å². The monoisotopic (exact) mass is 299 g/mol. The maximum Gasteiger partial charge on any atom is 0.222 e. The highest BCUT2D eigenvalue weighted by atomic mass is 16.2. The molecule has 0 aliphatic carbocycles. The molecule has 1 aromatic heterocycles. The Labute approximate surface area is 132 Å². The maximum atomic E-state index is 12.0. The normalized spacial score (nSPS) is 19.1. The Kier molecular flexibility index (Phi) is 4.19. The summed E-state index contributed by atoms with van der Waals surface area (Å²) in [5.41, 5.74) is 2.26. The number of imidazole rings is 1. The second-order valence-electron chi connectivity index (χ2n) is 6.45. The van der Waals surface area contributed by atoms with Gasteiger partial charge < -0.3 is 9.47 Å². The molecule has 0 N–H and O–H groups in total. The van der Waals surface area contributed by atoms with Crippen molar-refractivity contribution in [3.05, 3.63) is 30.1 Å². The van der Waals surface area contributed by atoms with Crippen molar-refractivity contribution < 1.29 is 4.79 Å². The topological polar surface area (TPSA) is 38.1 Å². The first-order valence-electron chi connectivity index (χ1n) is 8.36. The predicted molar refractivity (Wildman–Crippen MR) is 89.0 cm³/mol. The van der Waals surface area contributed by atoms with E-state index in [2.05, 4.69) is 36.6 Å². The molecule has 1 unspecified atom stereocenters. The predicted octanol–water partition coefficient (Wildman–Crippen LogP) is 3.73. The number of benzene rings is 1. The number of piperidine rings is 1. The molecule has 4 heteroatoms.